The summed E-state index contributed by atoms with van der Waals surface area (Å²) < 4.78 is 6.50. The monoisotopic (exact) mass is 361 g/mol. The molecule has 0 aliphatic heterocycles. The predicted octanol–water partition coefficient (Wildman–Crippen LogP) is 5.24. The second-order valence-electron chi connectivity index (χ2n) is 4.18. The minimum atomic E-state index is 0.0769. The molecular formula is C14H14BrCl2NO. The second kappa shape index (κ2) is 6.80. The molecule has 1 aromatic heterocycles. The van der Waals surface area contributed by atoms with Gasteiger partial charge in [-0.3, -0.25) is 0 Å². The number of hydrogen-bond acceptors (Lipinski definition) is 2. The Morgan fingerprint density at radius 1 is 1.32 bits per heavy atom. The van der Waals surface area contributed by atoms with Gasteiger partial charge in [0.05, 0.1) is 16.8 Å². The van der Waals surface area contributed by atoms with E-state index in [2.05, 4.69) is 28.2 Å². The molecule has 0 bridgehead atoms. The third-order valence-corrected chi connectivity index (χ3v) is 4.09. The second-order valence-corrected chi connectivity index (χ2v) is 5.88. The highest BCUT2D eigenvalue weighted by Gasteiger charge is 2.18. The fourth-order valence-corrected chi connectivity index (χ4v) is 2.93. The Morgan fingerprint density at radius 3 is 2.68 bits per heavy atom. The van der Waals surface area contributed by atoms with Gasteiger partial charge in [-0.2, -0.15) is 0 Å². The third-order valence-electron chi connectivity index (χ3n) is 2.85. The van der Waals surface area contributed by atoms with Gasteiger partial charge in [-0.05, 0) is 52.7 Å². The SMILES string of the molecule is CCNC(Cc1ccc(Cl)cc1Cl)c1occc1Br. The maximum absolute atomic E-state index is 6.22. The largest absolute Gasteiger partial charge is 0.466 e. The Morgan fingerprint density at radius 2 is 2.11 bits per heavy atom. The summed E-state index contributed by atoms with van der Waals surface area (Å²) in [6.07, 6.45) is 2.42. The summed E-state index contributed by atoms with van der Waals surface area (Å²) in [6, 6.07) is 7.53. The molecule has 0 aliphatic rings. The van der Waals surface area contributed by atoms with Crippen molar-refractivity contribution in [2.45, 2.75) is 19.4 Å². The van der Waals surface area contributed by atoms with Crippen LogP contribution < -0.4 is 5.32 Å². The molecule has 5 heteroatoms. The van der Waals surface area contributed by atoms with Crippen molar-refractivity contribution >= 4 is 39.1 Å². The molecule has 1 unspecified atom stereocenters. The van der Waals surface area contributed by atoms with Crippen LogP contribution in [0, 0.1) is 0 Å². The lowest BCUT2D eigenvalue weighted by molar-refractivity contribution is 0.414. The van der Waals surface area contributed by atoms with E-state index in [0.29, 0.717) is 10.0 Å². The fraction of sp³-hybridized carbons (Fsp3) is 0.286. The minimum Gasteiger partial charge on any atom is -0.466 e. The van der Waals surface area contributed by atoms with Gasteiger partial charge in [-0.25, -0.2) is 0 Å². The zero-order chi connectivity index (χ0) is 13.8. The molecular weight excluding hydrogens is 349 g/mol. The van der Waals surface area contributed by atoms with E-state index in [-0.39, 0.29) is 6.04 Å². The Balaban J connectivity index is 2.24. The average molecular weight is 363 g/mol. The standard InChI is InChI=1S/C14H14BrCl2NO/c1-2-18-13(14-11(15)5-6-19-14)7-9-3-4-10(16)8-12(9)17/h3-6,8,13,18H,2,7H2,1H3. The quantitative estimate of drug-likeness (QED) is 0.786. The summed E-state index contributed by atoms with van der Waals surface area (Å²) in [5, 5.41) is 4.73. The van der Waals surface area contributed by atoms with Gasteiger partial charge in [-0.15, -0.1) is 0 Å². The number of furan rings is 1. The van der Waals surface area contributed by atoms with Gasteiger partial charge in [-0.1, -0.05) is 36.2 Å². The zero-order valence-corrected chi connectivity index (χ0v) is 13.5. The zero-order valence-electron chi connectivity index (χ0n) is 10.4. The summed E-state index contributed by atoms with van der Waals surface area (Å²) in [7, 11) is 0. The molecule has 2 rings (SSSR count). The van der Waals surface area contributed by atoms with Crippen molar-refractivity contribution in [1.29, 1.82) is 0 Å². The molecule has 0 fully saturated rings. The van der Waals surface area contributed by atoms with E-state index in [1.54, 1.807) is 12.3 Å². The normalized spacial score (nSPS) is 12.6. The number of halogens is 3. The van der Waals surface area contributed by atoms with Gasteiger partial charge in [0.1, 0.15) is 5.76 Å². The van der Waals surface area contributed by atoms with Crippen LogP contribution in [0.2, 0.25) is 10.0 Å². The highest BCUT2D eigenvalue weighted by molar-refractivity contribution is 9.10. The highest BCUT2D eigenvalue weighted by Crippen LogP contribution is 2.30. The van der Waals surface area contributed by atoms with Gasteiger partial charge in [0.2, 0.25) is 0 Å². The number of nitrogens with one attached hydrogen (secondary N) is 1. The van der Waals surface area contributed by atoms with Gasteiger partial charge >= 0.3 is 0 Å². The summed E-state index contributed by atoms with van der Waals surface area (Å²) in [4.78, 5) is 0. The first-order chi connectivity index (χ1) is 9.11. The van der Waals surface area contributed by atoms with Crippen molar-refractivity contribution < 1.29 is 4.42 Å². The molecule has 0 saturated heterocycles. The molecule has 0 aliphatic carbocycles. The van der Waals surface area contributed by atoms with Crippen molar-refractivity contribution in [3.05, 3.63) is 56.4 Å². The fourth-order valence-electron chi connectivity index (χ4n) is 1.97. The van der Waals surface area contributed by atoms with Crippen LogP contribution in [-0.2, 0) is 6.42 Å². The molecule has 1 heterocycles. The Labute approximate surface area is 131 Å². The lowest BCUT2D eigenvalue weighted by atomic mass is 10.0. The van der Waals surface area contributed by atoms with Crippen LogP contribution in [0.25, 0.3) is 0 Å². The summed E-state index contributed by atoms with van der Waals surface area (Å²) >= 11 is 15.6. The number of hydrogen-bond donors (Lipinski definition) is 1. The summed E-state index contributed by atoms with van der Waals surface area (Å²) in [5.74, 6) is 0.882. The lowest BCUT2D eigenvalue weighted by Gasteiger charge is -2.17. The third kappa shape index (κ3) is 3.76. The highest BCUT2D eigenvalue weighted by atomic mass is 79.9. The van der Waals surface area contributed by atoms with E-state index in [9.17, 15) is 0 Å². The molecule has 0 radical (unpaired) electrons. The molecule has 1 N–H and O–H groups in total. The molecule has 1 atom stereocenters. The summed E-state index contributed by atoms with van der Waals surface area (Å²) in [6.45, 7) is 2.91. The maximum atomic E-state index is 6.22. The van der Waals surface area contributed by atoms with Crippen LogP contribution in [0.1, 0.15) is 24.3 Å². The first-order valence-corrected chi connectivity index (χ1v) is 7.57. The molecule has 2 aromatic rings. The summed E-state index contributed by atoms with van der Waals surface area (Å²) in [5.41, 5.74) is 1.04. The van der Waals surface area contributed by atoms with Crippen molar-refractivity contribution in [3.8, 4) is 0 Å². The molecule has 19 heavy (non-hydrogen) atoms. The molecule has 2 nitrogen and oxygen atoms in total. The smallest absolute Gasteiger partial charge is 0.135 e. The van der Waals surface area contributed by atoms with Crippen LogP contribution in [0.15, 0.2) is 39.4 Å². The van der Waals surface area contributed by atoms with Crippen molar-refractivity contribution in [2.75, 3.05) is 6.54 Å². The van der Waals surface area contributed by atoms with Crippen molar-refractivity contribution in [2.24, 2.45) is 0 Å². The topological polar surface area (TPSA) is 25.2 Å². The van der Waals surface area contributed by atoms with E-state index >= 15 is 0 Å². The maximum Gasteiger partial charge on any atom is 0.135 e. The average Bonchev–Trinajstić information content (AvgIpc) is 2.78. The van der Waals surface area contributed by atoms with Gasteiger partial charge in [0.15, 0.2) is 0 Å². The van der Waals surface area contributed by atoms with Crippen molar-refractivity contribution in [3.63, 3.8) is 0 Å². The molecule has 1 aromatic carbocycles. The van der Waals surface area contributed by atoms with Crippen LogP contribution in [0.5, 0.6) is 0 Å². The Bertz CT molecular complexity index is 556. The first-order valence-electron chi connectivity index (χ1n) is 6.02. The van der Waals surface area contributed by atoms with Crippen LogP contribution >= 0.6 is 39.1 Å². The molecule has 0 amide bonds. The lowest BCUT2D eigenvalue weighted by Crippen LogP contribution is -2.23. The van der Waals surface area contributed by atoms with E-state index < -0.39 is 0 Å². The molecule has 0 spiro atoms. The van der Waals surface area contributed by atoms with Crippen LogP contribution in [0.3, 0.4) is 0 Å². The van der Waals surface area contributed by atoms with E-state index in [0.717, 1.165) is 28.8 Å². The molecule has 0 saturated carbocycles. The van der Waals surface area contributed by atoms with E-state index in [4.69, 9.17) is 27.6 Å². The molecule has 102 valence electrons. The van der Waals surface area contributed by atoms with Gasteiger partial charge in [0, 0.05) is 10.0 Å². The van der Waals surface area contributed by atoms with E-state index in [1.165, 1.54) is 0 Å². The number of benzene rings is 1. The number of likely N-dealkylation sites (N-methyl/N-ethyl adjacent to an activating group) is 1. The van der Waals surface area contributed by atoms with Crippen LogP contribution in [-0.4, -0.2) is 6.54 Å². The Hall–Kier alpha value is -0.480. The van der Waals surface area contributed by atoms with Gasteiger partial charge in [0.25, 0.3) is 0 Å². The van der Waals surface area contributed by atoms with Gasteiger partial charge < -0.3 is 9.73 Å². The Kier molecular flexibility index (Phi) is 5.34. The number of rotatable bonds is 5. The van der Waals surface area contributed by atoms with Crippen LogP contribution in [0.4, 0.5) is 0 Å². The minimum absolute atomic E-state index is 0.0769. The first kappa shape index (κ1) is 14.9. The van der Waals surface area contributed by atoms with Crippen molar-refractivity contribution in [1.82, 2.24) is 5.32 Å². The predicted molar refractivity (Wildman–Crippen MR) is 83.0 cm³/mol. The van der Waals surface area contributed by atoms with E-state index in [1.807, 2.05) is 18.2 Å².